The predicted octanol–water partition coefficient (Wildman–Crippen LogP) is 3.90. The van der Waals surface area contributed by atoms with E-state index in [2.05, 4.69) is 10.3 Å². The van der Waals surface area contributed by atoms with Crippen molar-refractivity contribution in [1.82, 2.24) is 4.98 Å². The highest BCUT2D eigenvalue weighted by Crippen LogP contribution is 2.18. The molecule has 26 heavy (non-hydrogen) atoms. The Labute approximate surface area is 150 Å². The molecule has 3 rings (SSSR count). The summed E-state index contributed by atoms with van der Waals surface area (Å²) >= 11 is 0. The number of oxazole rings is 1. The first-order valence-electron chi connectivity index (χ1n) is 8.10. The number of hydrogen-bond donors (Lipinski definition) is 1. The number of nitrogens with one attached hydrogen (secondary N) is 1. The molecular weight excluding hydrogens is 332 g/mol. The van der Waals surface area contributed by atoms with Crippen LogP contribution in [0.4, 0.5) is 5.69 Å². The van der Waals surface area contributed by atoms with E-state index in [1.807, 2.05) is 13.0 Å². The van der Waals surface area contributed by atoms with Gasteiger partial charge in [-0.1, -0.05) is 30.3 Å². The average molecular weight is 350 g/mol. The van der Waals surface area contributed by atoms with Gasteiger partial charge in [0.1, 0.15) is 5.76 Å². The summed E-state index contributed by atoms with van der Waals surface area (Å²) in [5.74, 6) is 0.151. The van der Waals surface area contributed by atoms with E-state index in [4.69, 9.17) is 9.15 Å². The van der Waals surface area contributed by atoms with Gasteiger partial charge in [-0.25, -0.2) is 9.78 Å². The number of esters is 1. The topological polar surface area (TPSA) is 81.4 Å². The summed E-state index contributed by atoms with van der Waals surface area (Å²) in [5, 5.41) is 2.74. The number of anilines is 1. The number of hydrogen-bond acceptors (Lipinski definition) is 5. The summed E-state index contributed by atoms with van der Waals surface area (Å²) in [6.07, 6.45) is 0. The number of ether oxygens (including phenoxy) is 1. The third kappa shape index (κ3) is 3.97. The van der Waals surface area contributed by atoms with Crippen molar-refractivity contribution in [3.63, 3.8) is 0 Å². The summed E-state index contributed by atoms with van der Waals surface area (Å²) in [5.41, 5.74) is 1.90. The molecule has 0 aliphatic carbocycles. The molecule has 6 nitrogen and oxygen atoms in total. The van der Waals surface area contributed by atoms with Crippen molar-refractivity contribution in [2.24, 2.45) is 0 Å². The number of carbonyl (C=O) groups is 2. The Morgan fingerprint density at radius 2 is 1.73 bits per heavy atom. The van der Waals surface area contributed by atoms with Crippen molar-refractivity contribution >= 4 is 17.6 Å². The largest absolute Gasteiger partial charge is 0.452 e. The third-order valence-electron chi connectivity index (χ3n) is 3.83. The Morgan fingerprint density at radius 3 is 2.42 bits per heavy atom. The molecule has 0 aliphatic heterocycles. The van der Waals surface area contributed by atoms with E-state index < -0.39 is 5.97 Å². The zero-order chi connectivity index (χ0) is 18.5. The minimum absolute atomic E-state index is 0.0749. The summed E-state index contributed by atoms with van der Waals surface area (Å²) in [6.45, 7) is 3.54. The highest BCUT2D eigenvalue weighted by molar-refractivity contribution is 6.07. The van der Waals surface area contributed by atoms with Crippen molar-refractivity contribution in [2.45, 2.75) is 20.5 Å². The zero-order valence-corrected chi connectivity index (χ0v) is 14.5. The van der Waals surface area contributed by atoms with Crippen molar-refractivity contribution in [2.75, 3.05) is 5.32 Å². The van der Waals surface area contributed by atoms with Gasteiger partial charge in [-0.05, 0) is 38.1 Å². The monoisotopic (exact) mass is 350 g/mol. The van der Waals surface area contributed by atoms with Crippen LogP contribution in [0.5, 0.6) is 0 Å². The molecule has 0 unspecified atom stereocenters. The standard InChI is InChI=1S/C20H18N2O4/c1-13-14(2)26-18(21-13)12-25-20(24)16-10-6-7-11-17(16)22-19(23)15-8-4-3-5-9-15/h3-11H,12H2,1-2H3,(H,22,23). The van der Waals surface area contributed by atoms with Crippen LogP contribution in [0.15, 0.2) is 59.0 Å². The first-order chi connectivity index (χ1) is 12.5. The Hall–Kier alpha value is -3.41. The summed E-state index contributed by atoms with van der Waals surface area (Å²) < 4.78 is 10.7. The van der Waals surface area contributed by atoms with Gasteiger partial charge in [-0.15, -0.1) is 0 Å². The molecule has 0 saturated carbocycles. The van der Waals surface area contributed by atoms with Crippen molar-refractivity contribution in [1.29, 1.82) is 0 Å². The summed E-state index contributed by atoms with van der Waals surface area (Å²) in [6, 6.07) is 15.4. The van der Waals surface area contributed by atoms with Crippen LogP contribution in [-0.4, -0.2) is 16.9 Å². The van der Waals surface area contributed by atoms with Crippen LogP contribution in [0, 0.1) is 13.8 Å². The minimum Gasteiger partial charge on any atom is -0.452 e. The lowest BCUT2D eigenvalue weighted by Gasteiger charge is -2.10. The van der Waals surface area contributed by atoms with Crippen LogP contribution < -0.4 is 5.32 Å². The van der Waals surface area contributed by atoms with Gasteiger partial charge in [-0.2, -0.15) is 0 Å². The molecule has 1 amide bonds. The van der Waals surface area contributed by atoms with Gasteiger partial charge >= 0.3 is 5.97 Å². The highest BCUT2D eigenvalue weighted by Gasteiger charge is 2.16. The quantitative estimate of drug-likeness (QED) is 0.706. The lowest BCUT2D eigenvalue weighted by molar-refractivity contribution is 0.0438. The zero-order valence-electron chi connectivity index (χ0n) is 14.5. The van der Waals surface area contributed by atoms with E-state index >= 15 is 0 Å². The highest BCUT2D eigenvalue weighted by atomic mass is 16.5. The normalized spacial score (nSPS) is 10.4. The molecule has 0 radical (unpaired) electrons. The summed E-state index contributed by atoms with van der Waals surface area (Å²) in [7, 11) is 0. The van der Waals surface area contributed by atoms with E-state index in [1.165, 1.54) is 0 Å². The molecule has 1 heterocycles. The molecule has 2 aromatic carbocycles. The van der Waals surface area contributed by atoms with Crippen LogP contribution in [0.2, 0.25) is 0 Å². The first kappa shape index (κ1) is 17.4. The maximum atomic E-state index is 12.4. The second kappa shape index (κ2) is 7.65. The van der Waals surface area contributed by atoms with Gasteiger partial charge in [0, 0.05) is 5.56 Å². The molecule has 6 heteroatoms. The molecule has 0 aliphatic rings. The second-order valence-electron chi connectivity index (χ2n) is 5.69. The maximum absolute atomic E-state index is 12.4. The maximum Gasteiger partial charge on any atom is 0.340 e. The number of nitrogens with zero attached hydrogens (tertiary/aromatic N) is 1. The molecule has 132 valence electrons. The van der Waals surface area contributed by atoms with Gasteiger partial charge in [-0.3, -0.25) is 4.79 Å². The van der Waals surface area contributed by atoms with Crippen LogP contribution in [0.3, 0.4) is 0 Å². The lowest BCUT2D eigenvalue weighted by Crippen LogP contribution is -2.15. The Kier molecular flexibility index (Phi) is 5.12. The van der Waals surface area contributed by atoms with E-state index in [-0.39, 0.29) is 18.1 Å². The molecule has 0 saturated heterocycles. The van der Waals surface area contributed by atoms with Crippen molar-refractivity contribution in [3.8, 4) is 0 Å². The average Bonchev–Trinajstić information content (AvgIpc) is 2.98. The van der Waals surface area contributed by atoms with Crippen molar-refractivity contribution < 1.29 is 18.7 Å². The van der Waals surface area contributed by atoms with E-state index in [1.54, 1.807) is 55.5 Å². The SMILES string of the molecule is Cc1nc(COC(=O)c2ccccc2NC(=O)c2ccccc2)oc1C. The van der Waals surface area contributed by atoms with Gasteiger partial charge in [0.05, 0.1) is 16.9 Å². The molecular formula is C20H18N2O4. The van der Waals surface area contributed by atoms with Gasteiger partial charge in [0.15, 0.2) is 6.61 Å². The number of benzene rings is 2. The fourth-order valence-corrected chi connectivity index (χ4v) is 2.36. The lowest BCUT2D eigenvalue weighted by atomic mass is 10.1. The molecule has 1 aromatic heterocycles. The predicted molar refractivity (Wildman–Crippen MR) is 95.9 cm³/mol. The number of rotatable bonds is 5. The Bertz CT molecular complexity index is 912. The number of carbonyl (C=O) groups excluding carboxylic acids is 2. The van der Waals surface area contributed by atoms with Gasteiger partial charge in [0.2, 0.25) is 5.89 Å². The van der Waals surface area contributed by atoms with Crippen LogP contribution in [-0.2, 0) is 11.3 Å². The molecule has 0 bridgehead atoms. The van der Waals surface area contributed by atoms with E-state index in [0.717, 1.165) is 5.69 Å². The molecule has 0 fully saturated rings. The number of aryl methyl sites for hydroxylation is 2. The number of aromatic nitrogens is 1. The summed E-state index contributed by atoms with van der Waals surface area (Å²) in [4.78, 5) is 28.9. The Balaban J connectivity index is 1.71. The van der Waals surface area contributed by atoms with Gasteiger partial charge in [0.25, 0.3) is 5.91 Å². The van der Waals surface area contributed by atoms with E-state index in [0.29, 0.717) is 22.9 Å². The molecule has 3 aromatic rings. The van der Waals surface area contributed by atoms with Gasteiger partial charge < -0.3 is 14.5 Å². The van der Waals surface area contributed by atoms with E-state index in [9.17, 15) is 9.59 Å². The fraction of sp³-hybridized carbons (Fsp3) is 0.150. The van der Waals surface area contributed by atoms with Crippen LogP contribution >= 0.6 is 0 Å². The van der Waals surface area contributed by atoms with Crippen molar-refractivity contribution in [3.05, 3.63) is 83.1 Å². The minimum atomic E-state index is -0.567. The van der Waals surface area contributed by atoms with Crippen LogP contribution in [0.25, 0.3) is 0 Å². The third-order valence-corrected chi connectivity index (χ3v) is 3.83. The number of amides is 1. The fourth-order valence-electron chi connectivity index (χ4n) is 2.36. The smallest absolute Gasteiger partial charge is 0.340 e. The first-order valence-corrected chi connectivity index (χ1v) is 8.10. The van der Waals surface area contributed by atoms with Crippen LogP contribution in [0.1, 0.15) is 38.1 Å². The number of para-hydroxylation sites is 1. The molecule has 0 spiro atoms. The molecule has 1 N–H and O–H groups in total. The molecule has 0 atom stereocenters. The Morgan fingerprint density at radius 1 is 1.04 bits per heavy atom. The second-order valence-corrected chi connectivity index (χ2v) is 5.69.